The third-order valence-electron chi connectivity index (χ3n) is 6.45. The van der Waals surface area contributed by atoms with Crippen LogP contribution in [0.3, 0.4) is 0 Å². The van der Waals surface area contributed by atoms with Crippen molar-refractivity contribution in [2.75, 3.05) is 11.9 Å². The molecule has 4 rings (SSSR count). The fraction of sp³-hybridized carbons (Fsp3) is 0.455. The maximum Gasteiger partial charge on any atom is 0.417 e. The molecule has 160 valence electrons. The van der Waals surface area contributed by atoms with E-state index in [0.29, 0.717) is 41.6 Å². The van der Waals surface area contributed by atoms with Crippen molar-refractivity contribution in [2.24, 2.45) is 11.8 Å². The second-order valence-corrected chi connectivity index (χ2v) is 8.70. The maximum atomic E-state index is 13.1. The number of nitrogens with zero attached hydrogens (tertiary/aromatic N) is 1. The van der Waals surface area contributed by atoms with Gasteiger partial charge in [-0.25, -0.2) is 4.98 Å². The first kappa shape index (κ1) is 21.0. The highest BCUT2D eigenvalue weighted by molar-refractivity contribution is 6.30. The molecular weight excluding hydrogens is 417 g/mol. The number of nitrogens with one attached hydrogen (secondary N) is 1. The summed E-state index contributed by atoms with van der Waals surface area (Å²) >= 11 is 5.87. The summed E-state index contributed by atoms with van der Waals surface area (Å²) in [6.45, 7) is 2.24. The minimum absolute atomic E-state index is 0.0673. The summed E-state index contributed by atoms with van der Waals surface area (Å²) in [6.07, 6.45) is -0.773. The van der Waals surface area contributed by atoms with Crippen LogP contribution < -0.4 is 10.1 Å². The molecule has 1 N–H and O–H groups in total. The van der Waals surface area contributed by atoms with E-state index < -0.39 is 17.2 Å². The van der Waals surface area contributed by atoms with Crippen molar-refractivity contribution in [1.29, 1.82) is 0 Å². The zero-order valence-electron chi connectivity index (χ0n) is 16.4. The first-order chi connectivity index (χ1) is 14.2. The van der Waals surface area contributed by atoms with Gasteiger partial charge in [-0.05, 0) is 61.9 Å². The molecule has 8 heteroatoms. The van der Waals surface area contributed by atoms with E-state index in [-0.39, 0.29) is 17.7 Å². The van der Waals surface area contributed by atoms with Gasteiger partial charge in [0.1, 0.15) is 0 Å². The predicted molar refractivity (Wildman–Crippen MR) is 108 cm³/mol. The molecule has 4 nitrogen and oxygen atoms in total. The van der Waals surface area contributed by atoms with E-state index in [1.54, 1.807) is 24.3 Å². The molecule has 1 saturated carbocycles. The Hall–Kier alpha value is -2.28. The standard InChI is InChI=1S/C22H22ClF3N2O2/c1-13(19(29)28-17-4-2-16(23)3-5-17)14-6-8-21(9-7-14)12-30-20-18(21)10-15(11-27-20)22(24,25)26/h2-5,10-11,13-14H,6-9,12H2,1H3,(H,28,29)/t13-,14-,21-/m1/s1. The molecule has 30 heavy (non-hydrogen) atoms. The van der Waals surface area contributed by atoms with Crippen LogP contribution in [0.5, 0.6) is 5.88 Å². The molecule has 1 spiro atoms. The summed E-state index contributed by atoms with van der Waals surface area (Å²) in [5, 5.41) is 3.51. The Balaban J connectivity index is 1.43. The Labute approximate surface area is 177 Å². The fourth-order valence-electron chi connectivity index (χ4n) is 4.50. The minimum atomic E-state index is -4.43. The Kier molecular flexibility index (Phi) is 5.43. The molecule has 0 radical (unpaired) electrons. The highest BCUT2D eigenvalue weighted by Gasteiger charge is 2.46. The topological polar surface area (TPSA) is 51.2 Å². The number of halogens is 4. The lowest BCUT2D eigenvalue weighted by Gasteiger charge is -2.38. The summed E-state index contributed by atoms with van der Waals surface area (Å²) < 4.78 is 45.0. The summed E-state index contributed by atoms with van der Waals surface area (Å²) in [4.78, 5) is 16.6. The maximum absolute atomic E-state index is 13.1. The van der Waals surface area contributed by atoms with Gasteiger partial charge in [0.05, 0.1) is 12.2 Å². The number of carbonyl (C=O) groups is 1. The Morgan fingerprint density at radius 2 is 1.93 bits per heavy atom. The van der Waals surface area contributed by atoms with Gasteiger partial charge in [-0.3, -0.25) is 4.79 Å². The quantitative estimate of drug-likeness (QED) is 0.654. The average molecular weight is 439 g/mol. The monoisotopic (exact) mass is 438 g/mol. The Morgan fingerprint density at radius 3 is 2.57 bits per heavy atom. The average Bonchev–Trinajstić information content (AvgIpc) is 3.07. The van der Waals surface area contributed by atoms with Crippen LogP contribution in [-0.2, 0) is 16.4 Å². The van der Waals surface area contributed by atoms with Crippen LogP contribution in [0.15, 0.2) is 36.5 Å². The molecule has 2 aromatic rings. The number of anilines is 1. The summed E-state index contributed by atoms with van der Waals surface area (Å²) in [5.74, 6) is 0.183. The van der Waals surface area contributed by atoms with Crippen LogP contribution in [0.1, 0.15) is 43.7 Å². The molecule has 1 aromatic carbocycles. The number of aromatic nitrogens is 1. The van der Waals surface area contributed by atoms with Crippen molar-refractivity contribution in [1.82, 2.24) is 4.98 Å². The summed E-state index contributed by atoms with van der Waals surface area (Å²) in [6, 6.07) is 8.12. The van der Waals surface area contributed by atoms with E-state index in [1.807, 2.05) is 6.92 Å². The Morgan fingerprint density at radius 1 is 1.27 bits per heavy atom. The van der Waals surface area contributed by atoms with Crippen molar-refractivity contribution in [3.8, 4) is 5.88 Å². The predicted octanol–water partition coefficient (Wildman–Crippen LogP) is 5.85. The third-order valence-corrected chi connectivity index (χ3v) is 6.71. The molecular formula is C22H22ClF3N2O2. The van der Waals surface area contributed by atoms with Crippen molar-refractivity contribution in [3.05, 3.63) is 52.7 Å². The first-order valence-corrected chi connectivity index (χ1v) is 10.3. The number of benzene rings is 1. The second kappa shape index (κ2) is 7.76. The number of alkyl halides is 3. The largest absolute Gasteiger partial charge is 0.476 e. The smallest absolute Gasteiger partial charge is 0.417 e. The van der Waals surface area contributed by atoms with Crippen LogP contribution >= 0.6 is 11.6 Å². The van der Waals surface area contributed by atoms with Crippen LogP contribution in [-0.4, -0.2) is 17.5 Å². The van der Waals surface area contributed by atoms with Gasteiger partial charge >= 0.3 is 6.18 Å². The number of fused-ring (bicyclic) bond motifs is 2. The lowest BCUT2D eigenvalue weighted by molar-refractivity contribution is -0.138. The zero-order chi connectivity index (χ0) is 21.5. The lowest BCUT2D eigenvalue weighted by atomic mass is 9.65. The zero-order valence-corrected chi connectivity index (χ0v) is 17.2. The van der Waals surface area contributed by atoms with Crippen LogP contribution in [0.4, 0.5) is 18.9 Å². The summed E-state index contributed by atoms with van der Waals surface area (Å²) in [7, 11) is 0. The van der Waals surface area contributed by atoms with E-state index in [9.17, 15) is 18.0 Å². The molecule has 1 aromatic heterocycles. The highest BCUT2D eigenvalue weighted by Crippen LogP contribution is 2.50. The Bertz CT molecular complexity index is 938. The van der Waals surface area contributed by atoms with Crippen molar-refractivity contribution < 1.29 is 22.7 Å². The van der Waals surface area contributed by atoms with Crippen molar-refractivity contribution in [3.63, 3.8) is 0 Å². The van der Waals surface area contributed by atoms with Gasteiger partial charge in [0, 0.05) is 33.8 Å². The fourth-order valence-corrected chi connectivity index (χ4v) is 4.62. The van der Waals surface area contributed by atoms with Gasteiger partial charge in [0.15, 0.2) is 0 Å². The number of hydrogen-bond acceptors (Lipinski definition) is 3. The number of ether oxygens (including phenoxy) is 1. The van der Waals surface area contributed by atoms with E-state index in [4.69, 9.17) is 16.3 Å². The van der Waals surface area contributed by atoms with Gasteiger partial charge < -0.3 is 10.1 Å². The van der Waals surface area contributed by atoms with E-state index >= 15 is 0 Å². The first-order valence-electron chi connectivity index (χ1n) is 9.95. The molecule has 1 aliphatic heterocycles. The normalized spacial score (nSPS) is 24.2. The van der Waals surface area contributed by atoms with Gasteiger partial charge in [-0.1, -0.05) is 18.5 Å². The third kappa shape index (κ3) is 4.00. The SMILES string of the molecule is C[C@@H](C(=O)Nc1ccc(Cl)cc1)[C@H]1CC[C@]2(CC1)COc1ncc(C(F)(F)F)cc12. The number of hydrogen-bond donors (Lipinski definition) is 1. The molecule has 0 bridgehead atoms. The molecule has 1 fully saturated rings. The minimum Gasteiger partial charge on any atom is -0.476 e. The second-order valence-electron chi connectivity index (χ2n) is 8.27. The molecule has 2 heterocycles. The van der Waals surface area contributed by atoms with Crippen molar-refractivity contribution >= 4 is 23.2 Å². The van der Waals surface area contributed by atoms with E-state index in [1.165, 1.54) is 6.07 Å². The number of pyridine rings is 1. The molecule has 1 atom stereocenters. The van der Waals surface area contributed by atoms with Gasteiger partial charge in [-0.2, -0.15) is 13.2 Å². The van der Waals surface area contributed by atoms with Gasteiger partial charge in [0.25, 0.3) is 0 Å². The molecule has 0 saturated heterocycles. The molecule has 1 amide bonds. The highest BCUT2D eigenvalue weighted by atomic mass is 35.5. The lowest BCUT2D eigenvalue weighted by Crippen LogP contribution is -2.37. The van der Waals surface area contributed by atoms with Crippen LogP contribution in [0, 0.1) is 11.8 Å². The van der Waals surface area contributed by atoms with Gasteiger partial charge in [-0.15, -0.1) is 0 Å². The van der Waals surface area contributed by atoms with Crippen molar-refractivity contribution in [2.45, 2.75) is 44.2 Å². The number of amides is 1. The van der Waals surface area contributed by atoms with E-state index in [0.717, 1.165) is 19.0 Å². The van der Waals surface area contributed by atoms with Gasteiger partial charge in [0.2, 0.25) is 11.8 Å². The molecule has 0 unspecified atom stereocenters. The summed E-state index contributed by atoms with van der Waals surface area (Å²) in [5.41, 5.74) is 0.0392. The molecule has 1 aliphatic carbocycles. The number of rotatable bonds is 3. The molecule has 2 aliphatic rings. The van der Waals surface area contributed by atoms with Crippen LogP contribution in [0.25, 0.3) is 0 Å². The number of carbonyl (C=O) groups excluding carboxylic acids is 1. The van der Waals surface area contributed by atoms with E-state index in [2.05, 4.69) is 10.3 Å². The van der Waals surface area contributed by atoms with Crippen LogP contribution in [0.2, 0.25) is 5.02 Å².